The number of rotatable bonds is 4. The first-order chi connectivity index (χ1) is 11.3. The van der Waals surface area contributed by atoms with Crippen molar-refractivity contribution in [2.24, 2.45) is 29.6 Å². The molecule has 0 unspecified atom stereocenters. The largest absolute Gasteiger partial charge is 0.325 e. The fraction of sp³-hybridized carbons (Fsp3) is 0.850. The number of hydrogen-bond donors (Lipinski definition) is 1. The van der Waals surface area contributed by atoms with Gasteiger partial charge < -0.3 is 4.98 Å². The predicted octanol–water partition coefficient (Wildman–Crippen LogP) is 4.00. The molecule has 1 heterocycles. The van der Waals surface area contributed by atoms with E-state index in [1.165, 1.54) is 69.2 Å². The summed E-state index contributed by atoms with van der Waals surface area (Å²) in [6, 6.07) is 0. The van der Waals surface area contributed by atoms with Gasteiger partial charge in [0, 0.05) is 29.8 Å². The van der Waals surface area contributed by atoms with Crippen molar-refractivity contribution in [3.63, 3.8) is 0 Å². The van der Waals surface area contributed by atoms with Crippen molar-refractivity contribution in [3.8, 4) is 0 Å². The van der Waals surface area contributed by atoms with E-state index in [0.717, 1.165) is 36.1 Å². The number of H-pyrrole nitrogens is 1. The molecule has 124 valence electrons. The summed E-state index contributed by atoms with van der Waals surface area (Å²) in [4.78, 5) is 16.1. The maximum Gasteiger partial charge on any atom is 0.325 e. The van der Waals surface area contributed by atoms with Gasteiger partial charge in [0.2, 0.25) is 0 Å². The molecular weight excluding hydrogens is 284 g/mol. The van der Waals surface area contributed by atoms with Crippen LogP contribution in [0.2, 0.25) is 0 Å². The highest BCUT2D eigenvalue weighted by Crippen LogP contribution is 2.60. The van der Waals surface area contributed by atoms with Crippen LogP contribution in [0.5, 0.6) is 0 Å². The first-order valence-electron chi connectivity index (χ1n) is 10.1. The van der Waals surface area contributed by atoms with Gasteiger partial charge in [0.05, 0.1) is 0 Å². The van der Waals surface area contributed by atoms with Gasteiger partial charge in [-0.05, 0) is 87.4 Å². The fourth-order valence-electron chi connectivity index (χ4n) is 6.69. The van der Waals surface area contributed by atoms with Crippen LogP contribution >= 0.6 is 0 Å². The average Bonchev–Trinajstić information content (AvgIpc) is 3.40. The molecule has 1 aromatic rings. The van der Waals surface area contributed by atoms with Crippen LogP contribution in [0.3, 0.4) is 0 Å². The van der Waals surface area contributed by atoms with Gasteiger partial charge in [-0.3, -0.25) is 4.57 Å². The average molecular weight is 312 g/mol. The Balaban J connectivity index is 1.43. The number of nitrogens with zero attached hydrogens (tertiary/aromatic N) is 1. The van der Waals surface area contributed by atoms with Gasteiger partial charge in [0.1, 0.15) is 0 Å². The summed E-state index contributed by atoms with van der Waals surface area (Å²) in [5.41, 5.74) is 3.08. The van der Waals surface area contributed by atoms with E-state index in [-0.39, 0.29) is 5.69 Å². The molecule has 0 spiro atoms. The summed E-state index contributed by atoms with van der Waals surface area (Å²) < 4.78 is 2.18. The van der Waals surface area contributed by atoms with E-state index < -0.39 is 0 Å². The van der Waals surface area contributed by atoms with Crippen molar-refractivity contribution in [2.45, 2.75) is 76.2 Å². The number of aromatic amines is 1. The minimum Gasteiger partial charge on any atom is -0.309 e. The summed E-state index contributed by atoms with van der Waals surface area (Å²) >= 11 is 0. The Hall–Kier alpha value is -0.990. The monoisotopic (exact) mass is 312 g/mol. The van der Waals surface area contributed by atoms with Crippen LogP contribution in [-0.4, -0.2) is 9.55 Å². The van der Waals surface area contributed by atoms with Gasteiger partial charge >= 0.3 is 5.69 Å². The van der Waals surface area contributed by atoms with Crippen LogP contribution in [0.25, 0.3) is 0 Å². The molecular formula is C20H28N2O. The lowest BCUT2D eigenvalue weighted by Crippen LogP contribution is -2.44. The van der Waals surface area contributed by atoms with Gasteiger partial charge in [-0.1, -0.05) is 0 Å². The second-order valence-corrected chi connectivity index (χ2v) is 9.51. The molecule has 23 heavy (non-hydrogen) atoms. The van der Waals surface area contributed by atoms with Gasteiger partial charge in [0.15, 0.2) is 0 Å². The predicted molar refractivity (Wildman–Crippen MR) is 89.5 cm³/mol. The highest BCUT2D eigenvalue weighted by atomic mass is 16.1. The zero-order valence-electron chi connectivity index (χ0n) is 14.0. The van der Waals surface area contributed by atoms with Crippen molar-refractivity contribution in [1.29, 1.82) is 0 Å². The molecule has 0 saturated heterocycles. The highest BCUT2D eigenvalue weighted by molar-refractivity contribution is 5.29. The molecule has 6 aliphatic carbocycles. The molecule has 0 radical (unpaired) electrons. The summed E-state index contributed by atoms with van der Waals surface area (Å²) in [7, 11) is 0. The second kappa shape index (κ2) is 4.55. The van der Waals surface area contributed by atoms with Crippen molar-refractivity contribution >= 4 is 0 Å². The third-order valence-electron chi connectivity index (χ3n) is 7.72. The number of imidazole rings is 1. The zero-order chi connectivity index (χ0) is 15.1. The quantitative estimate of drug-likeness (QED) is 0.896. The number of nitrogens with one attached hydrogen (secondary N) is 1. The first-order valence-corrected chi connectivity index (χ1v) is 10.1. The molecule has 0 atom stereocenters. The molecule has 7 rings (SSSR count). The standard InChI is InChI=1S/C20H28N2O/c23-20-21-18(19(14-3-4-14)22(20)10-11-1-2-11)17-15-6-12-5-13(8-15)9-16(17)7-12/h11-17H,1-10H2,(H,21,23). The van der Waals surface area contributed by atoms with Crippen molar-refractivity contribution < 1.29 is 0 Å². The van der Waals surface area contributed by atoms with Crippen LogP contribution in [0.1, 0.15) is 81.0 Å². The van der Waals surface area contributed by atoms with Crippen molar-refractivity contribution in [2.75, 3.05) is 0 Å². The zero-order valence-corrected chi connectivity index (χ0v) is 14.0. The minimum absolute atomic E-state index is 0.211. The molecule has 0 amide bonds. The number of aromatic nitrogens is 2. The van der Waals surface area contributed by atoms with Gasteiger partial charge in [-0.25, -0.2) is 4.79 Å². The van der Waals surface area contributed by atoms with Crippen LogP contribution in [-0.2, 0) is 6.54 Å². The summed E-state index contributed by atoms with van der Waals surface area (Å²) in [6.45, 7) is 0.995. The lowest BCUT2D eigenvalue weighted by molar-refractivity contribution is -0.00440. The third-order valence-corrected chi connectivity index (χ3v) is 7.72. The smallest absolute Gasteiger partial charge is 0.309 e. The molecule has 6 aliphatic rings. The van der Waals surface area contributed by atoms with E-state index in [1.807, 2.05) is 0 Å². The number of hydrogen-bond acceptors (Lipinski definition) is 1. The van der Waals surface area contributed by atoms with E-state index in [1.54, 1.807) is 0 Å². The van der Waals surface area contributed by atoms with Gasteiger partial charge in [-0.2, -0.15) is 0 Å². The van der Waals surface area contributed by atoms with Gasteiger partial charge in [-0.15, -0.1) is 0 Å². The molecule has 4 bridgehead atoms. The van der Waals surface area contributed by atoms with Crippen LogP contribution < -0.4 is 5.69 Å². The Morgan fingerprint density at radius 2 is 1.57 bits per heavy atom. The van der Waals surface area contributed by atoms with Gasteiger partial charge in [0.25, 0.3) is 0 Å². The lowest BCUT2D eigenvalue weighted by Gasteiger charge is -2.54. The molecule has 1 aromatic heterocycles. The fourth-order valence-corrected chi connectivity index (χ4v) is 6.69. The highest BCUT2D eigenvalue weighted by Gasteiger charge is 2.50. The summed E-state index contributed by atoms with van der Waals surface area (Å²) in [5, 5.41) is 0. The molecule has 3 nitrogen and oxygen atoms in total. The Morgan fingerprint density at radius 1 is 0.913 bits per heavy atom. The molecule has 3 heteroatoms. The lowest BCUT2D eigenvalue weighted by atomic mass is 9.51. The van der Waals surface area contributed by atoms with E-state index in [9.17, 15) is 4.79 Å². The van der Waals surface area contributed by atoms with Crippen LogP contribution in [0.15, 0.2) is 4.79 Å². The van der Waals surface area contributed by atoms with E-state index in [0.29, 0.717) is 11.8 Å². The Morgan fingerprint density at radius 3 is 2.13 bits per heavy atom. The molecule has 6 saturated carbocycles. The van der Waals surface area contributed by atoms with Crippen LogP contribution in [0, 0.1) is 29.6 Å². The second-order valence-electron chi connectivity index (χ2n) is 9.51. The Bertz CT molecular complexity index is 663. The maximum absolute atomic E-state index is 12.7. The molecule has 0 aliphatic heterocycles. The normalized spacial score (nSPS) is 41.7. The van der Waals surface area contributed by atoms with E-state index in [2.05, 4.69) is 9.55 Å². The molecule has 0 aromatic carbocycles. The molecule has 1 N–H and O–H groups in total. The van der Waals surface area contributed by atoms with E-state index >= 15 is 0 Å². The SMILES string of the molecule is O=c1[nH]c(C2C3CC4CC(C3)CC2C4)c(C2CC2)n1CC1CC1. The van der Waals surface area contributed by atoms with Crippen molar-refractivity contribution in [1.82, 2.24) is 9.55 Å². The van der Waals surface area contributed by atoms with E-state index in [4.69, 9.17) is 0 Å². The van der Waals surface area contributed by atoms with Crippen molar-refractivity contribution in [3.05, 3.63) is 21.9 Å². The molecule has 6 fully saturated rings. The summed E-state index contributed by atoms with van der Waals surface area (Å²) in [6.07, 6.45) is 12.5. The maximum atomic E-state index is 12.7. The Kier molecular flexibility index (Phi) is 2.63. The first kappa shape index (κ1) is 13.3. The minimum atomic E-state index is 0.211. The topological polar surface area (TPSA) is 37.8 Å². The summed E-state index contributed by atoms with van der Waals surface area (Å²) in [5.74, 6) is 5.93. The Labute approximate surface area is 137 Å². The third kappa shape index (κ3) is 2.04. The van der Waals surface area contributed by atoms with Crippen LogP contribution in [0.4, 0.5) is 0 Å².